The third-order valence-electron chi connectivity index (χ3n) is 3.95. The molecule has 2 atom stereocenters. The van der Waals surface area contributed by atoms with Gasteiger partial charge in [-0.05, 0) is 31.7 Å². The molecule has 1 aliphatic carbocycles. The molecule has 0 heterocycles. The lowest BCUT2D eigenvalue weighted by molar-refractivity contribution is -0.384. The number of nitrogens with one attached hydrogen (secondary N) is 1. The number of nitrogens with zero attached hydrogens (tertiary/aromatic N) is 1. The maximum atomic E-state index is 10.9. The normalized spacial score (nSPS) is 22.0. The maximum absolute atomic E-state index is 10.9. The van der Waals surface area contributed by atoms with E-state index in [1.54, 1.807) is 26.3 Å². The molecule has 0 aromatic heterocycles. The van der Waals surface area contributed by atoms with E-state index in [1.165, 1.54) is 6.07 Å². The summed E-state index contributed by atoms with van der Waals surface area (Å²) >= 11 is 0. The highest BCUT2D eigenvalue weighted by molar-refractivity contribution is 5.55. The van der Waals surface area contributed by atoms with Gasteiger partial charge in [-0.2, -0.15) is 0 Å². The first-order valence-corrected chi connectivity index (χ1v) is 7.23. The van der Waals surface area contributed by atoms with Crippen molar-refractivity contribution < 1.29 is 14.4 Å². The smallest absolute Gasteiger partial charge is 0.269 e. The molecule has 1 aromatic rings. The molecule has 0 bridgehead atoms. The van der Waals surface area contributed by atoms with Gasteiger partial charge in [0.1, 0.15) is 0 Å². The van der Waals surface area contributed by atoms with E-state index in [4.69, 9.17) is 9.47 Å². The van der Waals surface area contributed by atoms with Crippen LogP contribution in [0.5, 0.6) is 0 Å². The molecule has 1 saturated carbocycles. The number of nitro groups is 1. The summed E-state index contributed by atoms with van der Waals surface area (Å²) in [6.45, 7) is 0.374. The average Bonchev–Trinajstić information content (AvgIpc) is 2.52. The molecule has 116 valence electrons. The predicted octanol–water partition coefficient (Wildman–Crippen LogP) is 3.11. The monoisotopic (exact) mass is 294 g/mol. The molecule has 0 radical (unpaired) electrons. The van der Waals surface area contributed by atoms with Crippen LogP contribution in [-0.4, -0.2) is 31.3 Å². The van der Waals surface area contributed by atoms with Gasteiger partial charge in [-0.15, -0.1) is 0 Å². The Morgan fingerprint density at radius 2 is 2.14 bits per heavy atom. The highest BCUT2D eigenvalue weighted by Gasteiger charge is 2.22. The lowest BCUT2D eigenvalue weighted by Gasteiger charge is -2.28. The van der Waals surface area contributed by atoms with Crippen molar-refractivity contribution in [2.75, 3.05) is 19.5 Å². The van der Waals surface area contributed by atoms with E-state index in [-0.39, 0.29) is 22.8 Å². The second-order valence-corrected chi connectivity index (χ2v) is 5.31. The van der Waals surface area contributed by atoms with E-state index in [9.17, 15) is 10.1 Å². The average molecular weight is 294 g/mol. The Hall–Kier alpha value is -1.66. The summed E-state index contributed by atoms with van der Waals surface area (Å²) in [5.74, 6) is 0. The van der Waals surface area contributed by atoms with Crippen molar-refractivity contribution in [3.05, 3.63) is 33.9 Å². The zero-order valence-corrected chi connectivity index (χ0v) is 12.5. The number of ether oxygens (including phenoxy) is 2. The number of nitro benzene ring substituents is 1. The lowest BCUT2D eigenvalue weighted by Crippen LogP contribution is -2.27. The Morgan fingerprint density at radius 1 is 1.38 bits per heavy atom. The number of rotatable bonds is 6. The third-order valence-corrected chi connectivity index (χ3v) is 3.95. The molecule has 2 unspecified atom stereocenters. The minimum absolute atomic E-state index is 0.0889. The summed E-state index contributed by atoms with van der Waals surface area (Å²) < 4.78 is 11.3. The van der Waals surface area contributed by atoms with Crippen molar-refractivity contribution in [2.24, 2.45) is 0 Å². The second-order valence-electron chi connectivity index (χ2n) is 5.31. The summed E-state index contributed by atoms with van der Waals surface area (Å²) in [4.78, 5) is 10.5. The molecule has 6 heteroatoms. The first-order valence-electron chi connectivity index (χ1n) is 7.23. The summed E-state index contributed by atoms with van der Waals surface area (Å²) in [7, 11) is 3.53. The highest BCUT2D eigenvalue weighted by Crippen LogP contribution is 2.27. The van der Waals surface area contributed by atoms with Crippen LogP contribution in [0.2, 0.25) is 0 Å². The lowest BCUT2D eigenvalue weighted by atomic mass is 9.95. The molecule has 6 nitrogen and oxygen atoms in total. The van der Waals surface area contributed by atoms with E-state index in [1.807, 2.05) is 0 Å². The number of hydrogen-bond donors (Lipinski definition) is 1. The van der Waals surface area contributed by atoms with Crippen molar-refractivity contribution in [1.82, 2.24) is 0 Å². The molecule has 0 amide bonds. The predicted molar refractivity (Wildman–Crippen MR) is 80.5 cm³/mol. The number of non-ortho nitro benzene ring substituents is 1. The summed E-state index contributed by atoms with van der Waals surface area (Å²) in [5, 5.41) is 13.9. The standard InChI is InChI=1S/C15H22N2O4/c1-16-15-7-6-12(17(18)19)8-11(15)10-21-14-5-3-4-13(9-14)20-2/h6-8,13-14,16H,3-5,9-10H2,1-2H3. The molecule has 1 aromatic carbocycles. The van der Waals surface area contributed by atoms with E-state index < -0.39 is 0 Å². The molecule has 2 rings (SSSR count). The van der Waals surface area contributed by atoms with Crippen LogP contribution in [0.25, 0.3) is 0 Å². The van der Waals surface area contributed by atoms with Gasteiger partial charge in [0.05, 0.1) is 23.7 Å². The van der Waals surface area contributed by atoms with Crippen LogP contribution in [0.3, 0.4) is 0 Å². The maximum Gasteiger partial charge on any atom is 0.269 e. The molecule has 0 saturated heterocycles. The fraction of sp³-hybridized carbons (Fsp3) is 0.600. The minimum Gasteiger partial charge on any atom is -0.388 e. The first-order chi connectivity index (χ1) is 10.1. The van der Waals surface area contributed by atoms with Gasteiger partial charge >= 0.3 is 0 Å². The van der Waals surface area contributed by atoms with Gasteiger partial charge in [-0.1, -0.05) is 0 Å². The Morgan fingerprint density at radius 3 is 2.81 bits per heavy atom. The fourth-order valence-electron chi connectivity index (χ4n) is 2.73. The molecule has 21 heavy (non-hydrogen) atoms. The number of benzene rings is 1. The van der Waals surface area contributed by atoms with Crippen LogP contribution >= 0.6 is 0 Å². The summed E-state index contributed by atoms with van der Waals surface area (Å²) in [5.41, 5.74) is 1.76. The molecule has 0 spiro atoms. The van der Waals surface area contributed by atoms with Crippen LogP contribution < -0.4 is 5.32 Å². The van der Waals surface area contributed by atoms with Crippen LogP contribution in [0.15, 0.2) is 18.2 Å². The van der Waals surface area contributed by atoms with Crippen molar-refractivity contribution >= 4 is 11.4 Å². The zero-order valence-electron chi connectivity index (χ0n) is 12.5. The van der Waals surface area contributed by atoms with Crippen molar-refractivity contribution in [3.8, 4) is 0 Å². The Balaban J connectivity index is 2.01. The molecular weight excluding hydrogens is 272 g/mol. The van der Waals surface area contributed by atoms with Crippen molar-refractivity contribution in [2.45, 2.75) is 44.5 Å². The van der Waals surface area contributed by atoms with Crippen LogP contribution in [-0.2, 0) is 16.1 Å². The van der Waals surface area contributed by atoms with E-state index in [0.29, 0.717) is 6.61 Å². The SMILES string of the molecule is CNc1ccc([N+](=O)[O-])cc1COC1CCCC(OC)C1. The topological polar surface area (TPSA) is 73.6 Å². The number of hydrogen-bond acceptors (Lipinski definition) is 5. The Kier molecular flexibility index (Phi) is 5.52. The van der Waals surface area contributed by atoms with Crippen LogP contribution in [0.4, 0.5) is 11.4 Å². The fourth-order valence-corrected chi connectivity index (χ4v) is 2.73. The van der Waals surface area contributed by atoms with Gasteiger partial charge in [-0.3, -0.25) is 10.1 Å². The van der Waals surface area contributed by atoms with Gasteiger partial charge in [-0.25, -0.2) is 0 Å². The molecule has 1 N–H and O–H groups in total. The van der Waals surface area contributed by atoms with Gasteiger partial charge in [0, 0.05) is 37.5 Å². The molecular formula is C15H22N2O4. The Bertz CT molecular complexity index is 493. The quantitative estimate of drug-likeness (QED) is 0.644. The van der Waals surface area contributed by atoms with Gasteiger partial charge in [0.15, 0.2) is 0 Å². The second kappa shape index (κ2) is 7.38. The van der Waals surface area contributed by atoms with Gasteiger partial charge in [0.25, 0.3) is 5.69 Å². The van der Waals surface area contributed by atoms with Gasteiger partial charge in [0.2, 0.25) is 0 Å². The molecule has 1 aliphatic rings. The largest absolute Gasteiger partial charge is 0.388 e. The third kappa shape index (κ3) is 4.15. The summed E-state index contributed by atoms with van der Waals surface area (Å²) in [6.07, 6.45) is 4.50. The van der Waals surface area contributed by atoms with E-state index >= 15 is 0 Å². The Labute approximate surface area is 124 Å². The van der Waals surface area contributed by atoms with Crippen molar-refractivity contribution in [3.63, 3.8) is 0 Å². The number of anilines is 1. The zero-order chi connectivity index (χ0) is 15.2. The molecule has 1 fully saturated rings. The van der Waals surface area contributed by atoms with Crippen LogP contribution in [0, 0.1) is 10.1 Å². The van der Waals surface area contributed by atoms with Crippen LogP contribution in [0.1, 0.15) is 31.2 Å². The number of methoxy groups -OCH3 is 1. The summed E-state index contributed by atoms with van der Waals surface area (Å²) in [6, 6.07) is 4.79. The minimum atomic E-state index is -0.384. The van der Waals surface area contributed by atoms with Crippen molar-refractivity contribution in [1.29, 1.82) is 0 Å². The molecule has 0 aliphatic heterocycles. The van der Waals surface area contributed by atoms with E-state index in [2.05, 4.69) is 5.32 Å². The van der Waals surface area contributed by atoms with Gasteiger partial charge < -0.3 is 14.8 Å². The highest BCUT2D eigenvalue weighted by atomic mass is 16.6. The first kappa shape index (κ1) is 15.7. The van der Waals surface area contributed by atoms with E-state index in [0.717, 1.165) is 36.9 Å².